The number of hydrogen-bond acceptors (Lipinski definition) is 3. The van der Waals surface area contributed by atoms with Gasteiger partial charge in [0.15, 0.2) is 0 Å². The molecule has 4 heteroatoms. The molecule has 4 nitrogen and oxygen atoms in total. The zero-order chi connectivity index (χ0) is 13.2. The maximum Gasteiger partial charge on any atom is 0.311 e. The van der Waals surface area contributed by atoms with Gasteiger partial charge in [-0.3, -0.25) is 4.79 Å². The molecule has 1 unspecified atom stereocenters. The summed E-state index contributed by atoms with van der Waals surface area (Å²) in [5.41, 5.74) is 0.786. The summed E-state index contributed by atoms with van der Waals surface area (Å²) in [5, 5.41) is 18.4. The number of hydrogen-bond donors (Lipinski definition) is 1. The summed E-state index contributed by atoms with van der Waals surface area (Å²) in [6.07, 6.45) is 1.26. The smallest absolute Gasteiger partial charge is 0.311 e. The number of carbonyl (C=O) groups is 1. The first-order chi connectivity index (χ1) is 8.63. The van der Waals surface area contributed by atoms with Crippen LogP contribution in [-0.2, 0) is 4.79 Å². The maximum atomic E-state index is 11.4. The second-order valence-electron chi connectivity index (χ2n) is 4.74. The summed E-state index contributed by atoms with van der Waals surface area (Å²) in [6.45, 7) is 3.09. The molecule has 1 aliphatic rings. The minimum absolute atomic E-state index is 0.484. The van der Waals surface area contributed by atoms with Crippen molar-refractivity contribution in [1.29, 1.82) is 5.26 Å². The first-order valence-electron chi connectivity index (χ1n) is 6.10. The monoisotopic (exact) mass is 244 g/mol. The quantitative estimate of drug-likeness (QED) is 0.885. The molecule has 0 spiro atoms. The van der Waals surface area contributed by atoms with E-state index in [1.165, 1.54) is 0 Å². The molecule has 18 heavy (non-hydrogen) atoms. The van der Waals surface area contributed by atoms with Gasteiger partial charge in [0.2, 0.25) is 0 Å². The lowest BCUT2D eigenvalue weighted by molar-refractivity contribution is -0.147. The molecule has 1 N–H and O–H groups in total. The first kappa shape index (κ1) is 12.4. The lowest BCUT2D eigenvalue weighted by Crippen LogP contribution is -2.34. The van der Waals surface area contributed by atoms with Crippen molar-refractivity contribution in [1.82, 2.24) is 0 Å². The number of para-hydroxylation sites is 1. The molecule has 0 aromatic heterocycles. The van der Waals surface area contributed by atoms with Gasteiger partial charge in [-0.05, 0) is 25.0 Å². The topological polar surface area (TPSA) is 64.3 Å². The number of aliphatic carboxylic acids is 1. The van der Waals surface area contributed by atoms with Gasteiger partial charge in [-0.1, -0.05) is 19.1 Å². The standard InChI is InChI=1S/C14H16N2O2/c1-2-14(13(17)18)7-8-16(10-14)12-6-4-3-5-11(12)9-15/h3-6H,2,7-8,10H2,1H3,(H,17,18). The van der Waals surface area contributed by atoms with Crippen molar-refractivity contribution in [3.05, 3.63) is 29.8 Å². The Morgan fingerprint density at radius 1 is 1.56 bits per heavy atom. The zero-order valence-corrected chi connectivity index (χ0v) is 10.4. The lowest BCUT2D eigenvalue weighted by atomic mass is 9.84. The largest absolute Gasteiger partial charge is 0.481 e. The normalized spacial score (nSPS) is 22.8. The fraction of sp³-hybridized carbons (Fsp3) is 0.429. The fourth-order valence-electron chi connectivity index (χ4n) is 2.54. The van der Waals surface area contributed by atoms with Crippen molar-refractivity contribution in [2.75, 3.05) is 18.0 Å². The van der Waals surface area contributed by atoms with E-state index in [1.54, 1.807) is 6.07 Å². The Labute approximate surface area is 106 Å². The third kappa shape index (κ3) is 1.92. The summed E-state index contributed by atoms with van der Waals surface area (Å²) in [7, 11) is 0. The van der Waals surface area contributed by atoms with Crippen LogP contribution in [0.5, 0.6) is 0 Å². The number of nitrogens with zero attached hydrogens (tertiary/aromatic N) is 2. The van der Waals surface area contributed by atoms with Crippen LogP contribution in [0.25, 0.3) is 0 Å². The number of benzene rings is 1. The molecule has 0 amide bonds. The van der Waals surface area contributed by atoms with Gasteiger partial charge < -0.3 is 10.0 Å². The third-order valence-corrected chi connectivity index (χ3v) is 3.85. The molecule has 1 fully saturated rings. The zero-order valence-electron chi connectivity index (χ0n) is 10.4. The summed E-state index contributed by atoms with van der Waals surface area (Å²) < 4.78 is 0. The van der Waals surface area contributed by atoms with Crippen LogP contribution in [0, 0.1) is 16.7 Å². The number of rotatable bonds is 3. The van der Waals surface area contributed by atoms with Gasteiger partial charge in [-0.2, -0.15) is 5.26 Å². The van der Waals surface area contributed by atoms with E-state index in [0.29, 0.717) is 31.5 Å². The van der Waals surface area contributed by atoms with Gasteiger partial charge in [-0.15, -0.1) is 0 Å². The van der Waals surface area contributed by atoms with E-state index in [1.807, 2.05) is 30.0 Å². The van der Waals surface area contributed by atoms with E-state index in [9.17, 15) is 9.90 Å². The Morgan fingerprint density at radius 2 is 2.28 bits per heavy atom. The van der Waals surface area contributed by atoms with Gasteiger partial charge in [0.05, 0.1) is 16.7 Å². The average Bonchev–Trinajstić information content (AvgIpc) is 2.84. The number of anilines is 1. The summed E-state index contributed by atoms with van der Waals surface area (Å²) in [5.74, 6) is -0.734. The van der Waals surface area contributed by atoms with E-state index < -0.39 is 11.4 Å². The van der Waals surface area contributed by atoms with Crippen molar-refractivity contribution in [2.24, 2.45) is 5.41 Å². The molecule has 0 saturated carbocycles. The van der Waals surface area contributed by atoms with E-state index in [0.717, 1.165) is 5.69 Å². The molecule has 0 radical (unpaired) electrons. The van der Waals surface area contributed by atoms with E-state index in [4.69, 9.17) is 5.26 Å². The highest BCUT2D eigenvalue weighted by Gasteiger charge is 2.43. The van der Waals surface area contributed by atoms with E-state index in [2.05, 4.69) is 6.07 Å². The predicted molar refractivity (Wildman–Crippen MR) is 68.3 cm³/mol. The number of carboxylic acid groups (broad SMARTS) is 1. The van der Waals surface area contributed by atoms with Crippen molar-refractivity contribution in [2.45, 2.75) is 19.8 Å². The Hall–Kier alpha value is -2.02. The summed E-state index contributed by atoms with van der Waals surface area (Å²) >= 11 is 0. The Kier molecular flexibility index (Phi) is 3.24. The Morgan fingerprint density at radius 3 is 2.83 bits per heavy atom. The predicted octanol–water partition coefficient (Wildman–Crippen LogP) is 2.25. The molecular weight excluding hydrogens is 228 g/mol. The van der Waals surface area contributed by atoms with Crippen LogP contribution in [0.2, 0.25) is 0 Å². The van der Waals surface area contributed by atoms with Crippen LogP contribution in [0.3, 0.4) is 0 Å². The van der Waals surface area contributed by atoms with E-state index in [-0.39, 0.29) is 0 Å². The minimum Gasteiger partial charge on any atom is -0.481 e. The molecule has 1 atom stereocenters. The van der Waals surface area contributed by atoms with E-state index >= 15 is 0 Å². The van der Waals surface area contributed by atoms with Gasteiger partial charge in [0.1, 0.15) is 6.07 Å². The lowest BCUT2D eigenvalue weighted by Gasteiger charge is -2.24. The van der Waals surface area contributed by atoms with Crippen LogP contribution in [0.15, 0.2) is 24.3 Å². The summed E-state index contributed by atoms with van der Waals surface area (Å²) in [4.78, 5) is 13.4. The molecule has 0 bridgehead atoms. The van der Waals surface area contributed by atoms with Crippen LogP contribution in [-0.4, -0.2) is 24.2 Å². The van der Waals surface area contributed by atoms with Crippen molar-refractivity contribution in [3.8, 4) is 6.07 Å². The molecule has 2 rings (SSSR count). The highest BCUT2D eigenvalue weighted by atomic mass is 16.4. The molecular formula is C14H16N2O2. The van der Waals surface area contributed by atoms with Crippen molar-refractivity contribution < 1.29 is 9.90 Å². The molecule has 1 aliphatic heterocycles. The molecule has 0 aliphatic carbocycles. The number of nitriles is 1. The second kappa shape index (κ2) is 4.69. The van der Waals surface area contributed by atoms with Crippen LogP contribution < -0.4 is 4.90 Å². The highest BCUT2D eigenvalue weighted by molar-refractivity contribution is 5.77. The van der Waals surface area contributed by atoms with Gasteiger partial charge in [-0.25, -0.2) is 0 Å². The van der Waals surface area contributed by atoms with Gasteiger partial charge in [0.25, 0.3) is 0 Å². The SMILES string of the molecule is CCC1(C(=O)O)CCN(c2ccccc2C#N)C1. The van der Waals surface area contributed by atoms with Gasteiger partial charge in [0, 0.05) is 13.1 Å². The minimum atomic E-state index is -0.734. The van der Waals surface area contributed by atoms with Crippen molar-refractivity contribution >= 4 is 11.7 Å². The third-order valence-electron chi connectivity index (χ3n) is 3.85. The second-order valence-corrected chi connectivity index (χ2v) is 4.74. The number of carboxylic acids is 1. The van der Waals surface area contributed by atoms with Crippen LogP contribution in [0.4, 0.5) is 5.69 Å². The van der Waals surface area contributed by atoms with Crippen molar-refractivity contribution in [3.63, 3.8) is 0 Å². The molecule has 1 saturated heterocycles. The van der Waals surface area contributed by atoms with Crippen LogP contribution in [0.1, 0.15) is 25.3 Å². The maximum absolute atomic E-state index is 11.4. The Bertz CT molecular complexity index is 507. The van der Waals surface area contributed by atoms with Gasteiger partial charge >= 0.3 is 5.97 Å². The van der Waals surface area contributed by atoms with Crippen LogP contribution >= 0.6 is 0 Å². The molecule has 1 heterocycles. The fourth-order valence-corrected chi connectivity index (χ4v) is 2.54. The molecule has 94 valence electrons. The molecule has 1 aromatic rings. The highest BCUT2D eigenvalue weighted by Crippen LogP contribution is 2.37. The Balaban J connectivity index is 2.29. The summed E-state index contributed by atoms with van der Waals surface area (Å²) in [6, 6.07) is 9.50. The first-order valence-corrected chi connectivity index (χ1v) is 6.10. The average molecular weight is 244 g/mol. The molecule has 1 aromatic carbocycles.